The molecular weight excluding hydrogens is 258 g/mol. The standard InChI is InChI=1S/C15H19NO4/c17-14(8-7-13-5-3-11-20-13)16-10-2-1-4-12(16)6-9-15(18)19/h3,5,7-8,11-12H,1-2,4,6,9-10H2,(H,18,19)/b8-7-/t12-/m1/s1. The number of furan rings is 1. The minimum atomic E-state index is -0.811. The van der Waals surface area contributed by atoms with Crippen molar-refractivity contribution in [1.29, 1.82) is 0 Å². The van der Waals surface area contributed by atoms with E-state index < -0.39 is 5.97 Å². The van der Waals surface area contributed by atoms with Gasteiger partial charge in [-0.2, -0.15) is 0 Å². The van der Waals surface area contributed by atoms with Gasteiger partial charge in [0.1, 0.15) is 5.76 Å². The Morgan fingerprint density at radius 2 is 2.30 bits per heavy atom. The van der Waals surface area contributed by atoms with Crippen molar-refractivity contribution < 1.29 is 19.1 Å². The van der Waals surface area contributed by atoms with Crippen LogP contribution in [0, 0.1) is 0 Å². The highest BCUT2D eigenvalue weighted by Crippen LogP contribution is 2.21. The average Bonchev–Trinajstić information content (AvgIpc) is 2.96. The molecule has 0 radical (unpaired) electrons. The van der Waals surface area contributed by atoms with Crippen molar-refractivity contribution in [2.45, 2.75) is 38.1 Å². The van der Waals surface area contributed by atoms with E-state index in [1.54, 1.807) is 29.4 Å². The first-order valence-corrected chi connectivity index (χ1v) is 6.91. The van der Waals surface area contributed by atoms with Crippen molar-refractivity contribution in [3.63, 3.8) is 0 Å². The van der Waals surface area contributed by atoms with Crippen LogP contribution < -0.4 is 0 Å². The summed E-state index contributed by atoms with van der Waals surface area (Å²) >= 11 is 0. The molecule has 1 aliphatic heterocycles. The van der Waals surface area contributed by atoms with Crippen molar-refractivity contribution >= 4 is 18.0 Å². The van der Waals surface area contributed by atoms with E-state index >= 15 is 0 Å². The van der Waals surface area contributed by atoms with Crippen LogP contribution in [0.4, 0.5) is 0 Å². The molecule has 2 rings (SSSR count). The number of carbonyl (C=O) groups excluding carboxylic acids is 1. The fourth-order valence-corrected chi connectivity index (χ4v) is 2.52. The van der Waals surface area contributed by atoms with Crippen LogP contribution in [-0.4, -0.2) is 34.5 Å². The predicted molar refractivity (Wildman–Crippen MR) is 74.0 cm³/mol. The first-order valence-electron chi connectivity index (χ1n) is 6.91. The minimum Gasteiger partial charge on any atom is -0.481 e. The quantitative estimate of drug-likeness (QED) is 0.840. The van der Waals surface area contributed by atoms with E-state index in [2.05, 4.69) is 0 Å². The van der Waals surface area contributed by atoms with Crippen LogP contribution in [0.5, 0.6) is 0 Å². The molecule has 1 amide bonds. The van der Waals surface area contributed by atoms with Gasteiger partial charge in [0, 0.05) is 25.1 Å². The van der Waals surface area contributed by atoms with E-state index in [9.17, 15) is 9.59 Å². The number of carbonyl (C=O) groups is 2. The largest absolute Gasteiger partial charge is 0.481 e. The fourth-order valence-electron chi connectivity index (χ4n) is 2.52. The predicted octanol–water partition coefficient (Wildman–Crippen LogP) is 2.54. The molecule has 1 aliphatic rings. The number of carboxylic acid groups (broad SMARTS) is 1. The van der Waals surface area contributed by atoms with Gasteiger partial charge in [0.25, 0.3) is 0 Å². The number of nitrogens with zero attached hydrogens (tertiary/aromatic N) is 1. The van der Waals surface area contributed by atoms with Gasteiger partial charge in [0.2, 0.25) is 5.91 Å². The summed E-state index contributed by atoms with van der Waals surface area (Å²) < 4.78 is 5.14. The van der Waals surface area contributed by atoms with Crippen molar-refractivity contribution in [3.05, 3.63) is 30.2 Å². The molecule has 1 N–H and O–H groups in total. The third-order valence-electron chi connectivity index (χ3n) is 3.54. The number of hydrogen-bond donors (Lipinski definition) is 1. The Morgan fingerprint density at radius 1 is 1.45 bits per heavy atom. The van der Waals surface area contributed by atoms with Gasteiger partial charge in [-0.3, -0.25) is 9.59 Å². The Kier molecular flexibility index (Phi) is 4.98. The van der Waals surface area contributed by atoms with Gasteiger partial charge in [0.15, 0.2) is 0 Å². The van der Waals surface area contributed by atoms with Gasteiger partial charge in [-0.25, -0.2) is 0 Å². The molecule has 0 aliphatic carbocycles. The van der Waals surface area contributed by atoms with Crippen LogP contribution in [0.1, 0.15) is 37.9 Å². The lowest BCUT2D eigenvalue weighted by atomic mass is 9.98. The van der Waals surface area contributed by atoms with Crippen molar-refractivity contribution in [2.24, 2.45) is 0 Å². The zero-order valence-electron chi connectivity index (χ0n) is 11.3. The maximum Gasteiger partial charge on any atom is 0.303 e. The zero-order valence-corrected chi connectivity index (χ0v) is 11.3. The molecule has 5 heteroatoms. The molecule has 0 unspecified atom stereocenters. The van der Waals surface area contributed by atoms with Gasteiger partial charge in [-0.1, -0.05) is 0 Å². The van der Waals surface area contributed by atoms with Gasteiger partial charge in [0.05, 0.1) is 6.26 Å². The Hall–Kier alpha value is -2.04. The Bertz CT molecular complexity index is 478. The highest BCUT2D eigenvalue weighted by molar-refractivity contribution is 5.91. The Labute approximate surface area is 117 Å². The van der Waals surface area contributed by atoms with Crippen molar-refractivity contribution in [1.82, 2.24) is 4.90 Å². The van der Waals surface area contributed by atoms with E-state index in [1.807, 2.05) is 0 Å². The van der Waals surface area contributed by atoms with Crippen LogP contribution in [0.25, 0.3) is 6.08 Å². The molecule has 1 fully saturated rings. The molecule has 0 aromatic carbocycles. The second kappa shape index (κ2) is 6.93. The van der Waals surface area contributed by atoms with E-state index in [0.717, 1.165) is 19.3 Å². The fraction of sp³-hybridized carbons (Fsp3) is 0.467. The maximum absolute atomic E-state index is 12.2. The molecule has 1 saturated heterocycles. The van der Waals surface area contributed by atoms with Crippen LogP contribution in [0.15, 0.2) is 28.9 Å². The van der Waals surface area contributed by atoms with Crippen LogP contribution in [-0.2, 0) is 9.59 Å². The molecule has 20 heavy (non-hydrogen) atoms. The van der Waals surface area contributed by atoms with Gasteiger partial charge in [-0.15, -0.1) is 0 Å². The third-order valence-corrected chi connectivity index (χ3v) is 3.54. The molecule has 1 aromatic heterocycles. The van der Waals surface area contributed by atoms with Gasteiger partial charge in [-0.05, 0) is 43.9 Å². The number of aliphatic carboxylic acids is 1. The van der Waals surface area contributed by atoms with Gasteiger partial charge >= 0.3 is 5.97 Å². The van der Waals surface area contributed by atoms with E-state index in [4.69, 9.17) is 9.52 Å². The van der Waals surface area contributed by atoms with Crippen LogP contribution in [0.3, 0.4) is 0 Å². The summed E-state index contributed by atoms with van der Waals surface area (Å²) in [5, 5.41) is 8.77. The number of rotatable bonds is 5. The first-order chi connectivity index (χ1) is 9.66. The number of carboxylic acids is 1. The number of amides is 1. The van der Waals surface area contributed by atoms with Crippen molar-refractivity contribution in [3.8, 4) is 0 Å². The lowest BCUT2D eigenvalue weighted by molar-refractivity contribution is -0.138. The molecule has 2 heterocycles. The number of piperidine rings is 1. The second-order valence-corrected chi connectivity index (χ2v) is 4.96. The highest BCUT2D eigenvalue weighted by Gasteiger charge is 2.25. The third kappa shape index (κ3) is 3.98. The average molecular weight is 277 g/mol. The van der Waals surface area contributed by atoms with E-state index in [1.165, 1.54) is 6.08 Å². The minimum absolute atomic E-state index is 0.0357. The summed E-state index contributed by atoms with van der Waals surface area (Å²) in [6.45, 7) is 0.700. The lowest BCUT2D eigenvalue weighted by Gasteiger charge is -2.35. The summed E-state index contributed by atoms with van der Waals surface area (Å²) in [5.41, 5.74) is 0. The summed E-state index contributed by atoms with van der Waals surface area (Å²) in [7, 11) is 0. The monoisotopic (exact) mass is 277 g/mol. The Balaban J connectivity index is 1.96. The highest BCUT2D eigenvalue weighted by atomic mass is 16.4. The molecule has 0 spiro atoms. The molecule has 5 nitrogen and oxygen atoms in total. The number of likely N-dealkylation sites (tertiary alicyclic amines) is 1. The molecule has 0 saturated carbocycles. The summed E-state index contributed by atoms with van der Waals surface area (Å²) in [4.78, 5) is 24.7. The van der Waals surface area contributed by atoms with Gasteiger partial charge < -0.3 is 14.4 Å². The topological polar surface area (TPSA) is 70.8 Å². The zero-order chi connectivity index (χ0) is 14.4. The van der Waals surface area contributed by atoms with Crippen LogP contribution in [0.2, 0.25) is 0 Å². The smallest absolute Gasteiger partial charge is 0.303 e. The van der Waals surface area contributed by atoms with E-state index in [-0.39, 0.29) is 18.4 Å². The molecular formula is C15H19NO4. The lowest BCUT2D eigenvalue weighted by Crippen LogP contribution is -2.43. The SMILES string of the molecule is O=C(O)CC[C@H]1CCCCN1C(=O)/C=C\c1ccco1. The Morgan fingerprint density at radius 3 is 3.00 bits per heavy atom. The molecule has 108 valence electrons. The normalized spacial score (nSPS) is 19.4. The molecule has 1 atom stereocenters. The first kappa shape index (κ1) is 14.4. The second-order valence-electron chi connectivity index (χ2n) is 4.96. The molecule has 0 bridgehead atoms. The van der Waals surface area contributed by atoms with Crippen LogP contribution >= 0.6 is 0 Å². The summed E-state index contributed by atoms with van der Waals surface area (Å²) in [5.74, 6) is -0.247. The maximum atomic E-state index is 12.2. The summed E-state index contributed by atoms with van der Waals surface area (Å²) in [6.07, 6.45) is 8.24. The number of hydrogen-bond acceptors (Lipinski definition) is 3. The summed E-state index contributed by atoms with van der Waals surface area (Å²) in [6, 6.07) is 3.58. The van der Waals surface area contributed by atoms with Crippen molar-refractivity contribution in [2.75, 3.05) is 6.54 Å². The van der Waals surface area contributed by atoms with E-state index in [0.29, 0.717) is 18.7 Å². The molecule has 1 aromatic rings.